The molecular weight excluding hydrogens is 389 g/mol. The number of halogens is 7. The number of amides is 1. The van der Waals surface area contributed by atoms with Crippen LogP contribution in [0.25, 0.3) is 0 Å². The van der Waals surface area contributed by atoms with Gasteiger partial charge in [-0.2, -0.15) is 26.3 Å². The zero-order valence-corrected chi connectivity index (χ0v) is 12.8. The fourth-order valence-corrected chi connectivity index (χ4v) is 2.00. The van der Waals surface area contributed by atoms with Crippen LogP contribution in [0.2, 0.25) is 0 Å². The standard InChI is InChI=1S/C15H7F7N2O3/c16-11-2-1-10(24(26)27)6-12(11)23-13(25)7-3-8(14(17,18)19)5-9(4-7)15(20,21)22/h1-6H,(H,23,25). The minimum Gasteiger partial charge on any atom is -0.319 e. The summed E-state index contributed by atoms with van der Waals surface area (Å²) in [5.41, 5.74) is -5.95. The molecule has 0 saturated carbocycles. The Morgan fingerprint density at radius 1 is 0.926 bits per heavy atom. The molecule has 0 aliphatic heterocycles. The highest BCUT2D eigenvalue weighted by molar-refractivity contribution is 6.04. The lowest BCUT2D eigenvalue weighted by molar-refractivity contribution is -0.384. The monoisotopic (exact) mass is 396 g/mol. The van der Waals surface area contributed by atoms with Gasteiger partial charge in [0.1, 0.15) is 5.82 Å². The molecule has 12 heteroatoms. The van der Waals surface area contributed by atoms with E-state index in [-0.39, 0.29) is 18.2 Å². The first-order valence-corrected chi connectivity index (χ1v) is 6.84. The largest absolute Gasteiger partial charge is 0.416 e. The van der Waals surface area contributed by atoms with Gasteiger partial charge in [0, 0.05) is 17.7 Å². The molecule has 0 radical (unpaired) electrons. The molecular formula is C15H7F7N2O3. The van der Waals surface area contributed by atoms with Gasteiger partial charge in [0.2, 0.25) is 0 Å². The van der Waals surface area contributed by atoms with E-state index < -0.39 is 57.1 Å². The van der Waals surface area contributed by atoms with Gasteiger partial charge in [0.15, 0.2) is 0 Å². The normalized spacial score (nSPS) is 12.0. The Hall–Kier alpha value is -3.18. The van der Waals surface area contributed by atoms with Crippen LogP contribution in [0.1, 0.15) is 21.5 Å². The lowest BCUT2D eigenvalue weighted by atomic mass is 10.0. The van der Waals surface area contributed by atoms with E-state index in [1.54, 1.807) is 5.32 Å². The molecule has 0 fully saturated rings. The number of rotatable bonds is 3. The molecule has 2 aromatic rings. The molecule has 0 aliphatic carbocycles. The van der Waals surface area contributed by atoms with Gasteiger partial charge < -0.3 is 5.32 Å². The summed E-state index contributed by atoms with van der Waals surface area (Å²) in [4.78, 5) is 21.7. The Kier molecular flexibility index (Phi) is 5.11. The first-order chi connectivity index (χ1) is 12.3. The molecule has 1 N–H and O–H groups in total. The number of carbonyl (C=O) groups excluding carboxylic acids is 1. The van der Waals surface area contributed by atoms with Crippen LogP contribution in [0.3, 0.4) is 0 Å². The number of nitrogens with one attached hydrogen (secondary N) is 1. The Labute approximate surface area is 145 Å². The summed E-state index contributed by atoms with van der Waals surface area (Å²) in [6, 6.07) is 2.08. The number of non-ortho nitro benzene ring substituents is 1. The summed E-state index contributed by atoms with van der Waals surface area (Å²) >= 11 is 0. The van der Waals surface area contributed by atoms with Gasteiger partial charge in [0.25, 0.3) is 11.6 Å². The summed E-state index contributed by atoms with van der Waals surface area (Å²) in [5, 5.41) is 12.4. The van der Waals surface area contributed by atoms with Crippen LogP contribution in [0.5, 0.6) is 0 Å². The molecule has 0 heterocycles. The van der Waals surface area contributed by atoms with Crippen molar-refractivity contribution in [1.82, 2.24) is 0 Å². The predicted molar refractivity (Wildman–Crippen MR) is 77.5 cm³/mol. The summed E-state index contributed by atoms with van der Waals surface area (Å²) in [6.07, 6.45) is -10.3. The summed E-state index contributed by atoms with van der Waals surface area (Å²) < 4.78 is 90.4. The minimum absolute atomic E-state index is 0.153. The number of hydrogen-bond acceptors (Lipinski definition) is 3. The Morgan fingerprint density at radius 3 is 1.89 bits per heavy atom. The Morgan fingerprint density at radius 2 is 1.44 bits per heavy atom. The van der Waals surface area contributed by atoms with E-state index in [0.717, 1.165) is 6.07 Å². The quantitative estimate of drug-likeness (QED) is 0.450. The number of carbonyl (C=O) groups is 1. The maximum atomic E-state index is 13.6. The third kappa shape index (κ3) is 4.71. The molecule has 0 unspecified atom stereocenters. The lowest BCUT2D eigenvalue weighted by Gasteiger charge is -2.14. The summed E-state index contributed by atoms with van der Waals surface area (Å²) in [6.45, 7) is 0. The van der Waals surface area contributed by atoms with Gasteiger partial charge in [-0.1, -0.05) is 0 Å². The third-order valence-corrected chi connectivity index (χ3v) is 3.26. The third-order valence-electron chi connectivity index (χ3n) is 3.26. The van der Waals surface area contributed by atoms with Crippen LogP contribution in [-0.2, 0) is 12.4 Å². The second kappa shape index (κ2) is 6.85. The van der Waals surface area contributed by atoms with Crippen LogP contribution >= 0.6 is 0 Å². The zero-order chi connectivity index (χ0) is 20.6. The average Bonchev–Trinajstić information content (AvgIpc) is 2.54. The van der Waals surface area contributed by atoms with Crippen molar-refractivity contribution in [3.8, 4) is 0 Å². The number of alkyl halides is 6. The van der Waals surface area contributed by atoms with Crippen molar-refractivity contribution in [3.05, 3.63) is 69.0 Å². The fraction of sp³-hybridized carbons (Fsp3) is 0.133. The van der Waals surface area contributed by atoms with Crippen molar-refractivity contribution in [2.75, 3.05) is 5.32 Å². The maximum absolute atomic E-state index is 13.6. The van der Waals surface area contributed by atoms with Crippen molar-refractivity contribution in [2.24, 2.45) is 0 Å². The number of nitrogens with zero attached hydrogens (tertiary/aromatic N) is 1. The molecule has 0 aromatic heterocycles. The van der Waals surface area contributed by atoms with Gasteiger partial charge in [-0.3, -0.25) is 14.9 Å². The van der Waals surface area contributed by atoms with E-state index in [2.05, 4.69) is 0 Å². The highest BCUT2D eigenvalue weighted by Crippen LogP contribution is 2.36. The highest BCUT2D eigenvalue weighted by Gasteiger charge is 2.37. The van der Waals surface area contributed by atoms with E-state index in [0.29, 0.717) is 12.1 Å². The highest BCUT2D eigenvalue weighted by atomic mass is 19.4. The number of nitro groups is 1. The minimum atomic E-state index is -5.17. The number of anilines is 1. The number of nitro benzene ring substituents is 1. The van der Waals surface area contributed by atoms with Crippen molar-refractivity contribution in [1.29, 1.82) is 0 Å². The molecule has 27 heavy (non-hydrogen) atoms. The number of hydrogen-bond donors (Lipinski definition) is 1. The molecule has 1 amide bonds. The second-order valence-electron chi connectivity index (χ2n) is 5.17. The van der Waals surface area contributed by atoms with Crippen LogP contribution in [0.15, 0.2) is 36.4 Å². The molecule has 0 aliphatic rings. The van der Waals surface area contributed by atoms with E-state index in [1.807, 2.05) is 0 Å². The van der Waals surface area contributed by atoms with Crippen molar-refractivity contribution < 1.29 is 40.5 Å². The SMILES string of the molecule is O=C(Nc1cc([N+](=O)[O-])ccc1F)c1cc(C(F)(F)F)cc(C(F)(F)F)c1. The molecule has 2 aromatic carbocycles. The van der Waals surface area contributed by atoms with Crippen molar-refractivity contribution >= 4 is 17.3 Å². The summed E-state index contributed by atoms with van der Waals surface area (Å²) in [7, 11) is 0. The molecule has 5 nitrogen and oxygen atoms in total. The lowest BCUT2D eigenvalue weighted by Crippen LogP contribution is -2.17. The second-order valence-corrected chi connectivity index (χ2v) is 5.17. The molecule has 144 valence electrons. The van der Waals surface area contributed by atoms with Crippen molar-refractivity contribution in [3.63, 3.8) is 0 Å². The van der Waals surface area contributed by atoms with E-state index in [1.165, 1.54) is 0 Å². The summed E-state index contributed by atoms with van der Waals surface area (Å²) in [5.74, 6) is -2.68. The molecule has 2 rings (SSSR count). The zero-order valence-electron chi connectivity index (χ0n) is 12.8. The first kappa shape index (κ1) is 20.1. The predicted octanol–water partition coefficient (Wildman–Crippen LogP) is 5.02. The van der Waals surface area contributed by atoms with Gasteiger partial charge in [-0.25, -0.2) is 4.39 Å². The fourth-order valence-electron chi connectivity index (χ4n) is 2.00. The van der Waals surface area contributed by atoms with E-state index in [9.17, 15) is 45.6 Å². The topological polar surface area (TPSA) is 72.2 Å². The maximum Gasteiger partial charge on any atom is 0.416 e. The molecule has 0 atom stereocenters. The van der Waals surface area contributed by atoms with Crippen LogP contribution in [-0.4, -0.2) is 10.8 Å². The van der Waals surface area contributed by atoms with Gasteiger partial charge in [-0.15, -0.1) is 0 Å². The number of benzene rings is 2. The van der Waals surface area contributed by atoms with Crippen molar-refractivity contribution in [2.45, 2.75) is 12.4 Å². The first-order valence-electron chi connectivity index (χ1n) is 6.84. The molecule has 0 spiro atoms. The Balaban J connectivity index is 2.47. The van der Waals surface area contributed by atoms with Crippen LogP contribution in [0, 0.1) is 15.9 Å². The molecule has 0 bridgehead atoms. The van der Waals surface area contributed by atoms with Crippen LogP contribution < -0.4 is 5.32 Å². The van der Waals surface area contributed by atoms with Gasteiger partial charge in [0.05, 0.1) is 21.7 Å². The van der Waals surface area contributed by atoms with Gasteiger partial charge >= 0.3 is 12.4 Å². The van der Waals surface area contributed by atoms with E-state index >= 15 is 0 Å². The van der Waals surface area contributed by atoms with Crippen LogP contribution in [0.4, 0.5) is 42.1 Å². The molecule has 0 saturated heterocycles. The van der Waals surface area contributed by atoms with Gasteiger partial charge in [-0.05, 0) is 24.3 Å². The Bertz CT molecular complexity index is 875. The smallest absolute Gasteiger partial charge is 0.319 e. The van der Waals surface area contributed by atoms with E-state index in [4.69, 9.17) is 0 Å². The average molecular weight is 396 g/mol.